The number of carbonyl (C=O) groups excluding carboxylic acids is 1. The summed E-state index contributed by atoms with van der Waals surface area (Å²) in [4.78, 5) is 15.9. The Bertz CT molecular complexity index is 580. The average Bonchev–Trinajstić information content (AvgIpc) is 2.85. The van der Waals surface area contributed by atoms with Crippen molar-refractivity contribution in [2.24, 2.45) is 5.73 Å². The summed E-state index contributed by atoms with van der Waals surface area (Å²) in [6, 6.07) is 7.68. The van der Waals surface area contributed by atoms with Crippen molar-refractivity contribution in [2.75, 3.05) is 6.54 Å². The monoisotopic (exact) mass is 274 g/mol. The number of amides is 1. The largest absolute Gasteiger partial charge is 0.355 e. The third-order valence-corrected chi connectivity index (χ3v) is 2.92. The maximum atomic E-state index is 11.9. The summed E-state index contributed by atoms with van der Waals surface area (Å²) in [6.45, 7) is 2.67. The second-order valence-corrected chi connectivity index (χ2v) is 4.48. The van der Waals surface area contributed by atoms with E-state index in [1.165, 1.54) is 0 Å². The molecule has 3 N–H and O–H groups in total. The Labute approximate surface area is 117 Å². The number of nitrogens with two attached hydrogens (primary N) is 1. The first-order valence-corrected chi connectivity index (χ1v) is 6.52. The Balaban J connectivity index is 1.80. The smallest absolute Gasteiger partial charge is 0.228 e. The highest BCUT2D eigenvalue weighted by Crippen LogP contribution is 2.08. The van der Waals surface area contributed by atoms with Crippen molar-refractivity contribution >= 4 is 5.91 Å². The van der Waals surface area contributed by atoms with Crippen LogP contribution < -0.4 is 11.1 Å². The predicted octanol–water partition coefficient (Wildman–Crippen LogP) is 0.738. The molecule has 2 rings (SSSR count). The fraction of sp³-hybridized carbons (Fsp3) is 0.357. The highest BCUT2D eigenvalue weighted by Gasteiger charge is 2.08. The molecule has 0 fully saturated rings. The van der Waals surface area contributed by atoms with Gasteiger partial charge in [-0.3, -0.25) is 4.79 Å². The first-order valence-electron chi connectivity index (χ1n) is 6.52. The van der Waals surface area contributed by atoms with Crippen molar-refractivity contribution in [1.82, 2.24) is 15.5 Å². The van der Waals surface area contributed by atoms with Crippen LogP contribution in [0.5, 0.6) is 0 Å². The number of rotatable bonds is 6. The van der Waals surface area contributed by atoms with Crippen molar-refractivity contribution in [1.29, 1.82) is 0 Å². The lowest BCUT2D eigenvalue weighted by atomic mass is 10.0. The molecule has 6 nitrogen and oxygen atoms in total. The predicted molar refractivity (Wildman–Crippen MR) is 73.8 cm³/mol. The number of aromatic nitrogens is 2. The first-order chi connectivity index (χ1) is 9.69. The van der Waals surface area contributed by atoms with Gasteiger partial charge in [0.05, 0.1) is 6.42 Å². The maximum absolute atomic E-state index is 11.9. The van der Waals surface area contributed by atoms with Crippen LogP contribution in [0.3, 0.4) is 0 Å². The normalized spacial score (nSPS) is 10.5. The van der Waals surface area contributed by atoms with Gasteiger partial charge in [0.15, 0.2) is 5.82 Å². The Morgan fingerprint density at radius 2 is 2.10 bits per heavy atom. The topological polar surface area (TPSA) is 94.0 Å². The van der Waals surface area contributed by atoms with Gasteiger partial charge in [-0.15, -0.1) is 0 Å². The second kappa shape index (κ2) is 6.81. The van der Waals surface area contributed by atoms with Crippen LogP contribution in [-0.2, 0) is 24.2 Å². The molecule has 0 aliphatic heterocycles. The highest BCUT2D eigenvalue weighted by molar-refractivity contribution is 5.78. The van der Waals surface area contributed by atoms with Crippen LogP contribution in [-0.4, -0.2) is 22.6 Å². The van der Waals surface area contributed by atoms with E-state index in [0.29, 0.717) is 37.6 Å². The van der Waals surface area contributed by atoms with Gasteiger partial charge in [-0.25, -0.2) is 0 Å². The Hall–Kier alpha value is -2.21. The molecule has 106 valence electrons. The average molecular weight is 274 g/mol. The molecular formula is C14H18N4O2. The van der Waals surface area contributed by atoms with E-state index in [-0.39, 0.29) is 5.91 Å². The Morgan fingerprint density at radius 1 is 1.35 bits per heavy atom. The van der Waals surface area contributed by atoms with E-state index in [2.05, 4.69) is 15.5 Å². The summed E-state index contributed by atoms with van der Waals surface area (Å²) in [7, 11) is 0. The summed E-state index contributed by atoms with van der Waals surface area (Å²) in [6.07, 6.45) is 0.862. The number of aryl methyl sites for hydroxylation is 1. The zero-order chi connectivity index (χ0) is 14.4. The summed E-state index contributed by atoms with van der Waals surface area (Å²) < 4.78 is 4.97. The molecule has 1 aromatic carbocycles. The maximum Gasteiger partial charge on any atom is 0.228 e. The molecule has 1 heterocycles. The van der Waals surface area contributed by atoms with E-state index in [9.17, 15) is 4.79 Å². The van der Waals surface area contributed by atoms with Gasteiger partial charge in [0.1, 0.15) is 0 Å². The molecule has 1 aromatic heterocycles. The molecule has 0 atom stereocenters. The summed E-state index contributed by atoms with van der Waals surface area (Å²) in [5.74, 6) is 1.09. The molecule has 20 heavy (non-hydrogen) atoms. The lowest BCUT2D eigenvalue weighted by Gasteiger charge is -2.07. The number of hydrogen-bond acceptors (Lipinski definition) is 5. The molecular weight excluding hydrogens is 256 g/mol. The van der Waals surface area contributed by atoms with Crippen LogP contribution in [0, 0.1) is 6.92 Å². The molecule has 0 saturated heterocycles. The summed E-state index contributed by atoms with van der Waals surface area (Å²) >= 11 is 0. The van der Waals surface area contributed by atoms with Crippen LogP contribution in [0.15, 0.2) is 28.8 Å². The SMILES string of the molecule is Cc1noc(CCNC(=O)Cc2ccccc2CN)n1. The lowest BCUT2D eigenvalue weighted by molar-refractivity contribution is -0.120. The zero-order valence-corrected chi connectivity index (χ0v) is 11.4. The minimum atomic E-state index is -0.0397. The number of hydrogen-bond donors (Lipinski definition) is 2. The molecule has 0 radical (unpaired) electrons. The molecule has 0 saturated carbocycles. The van der Waals surface area contributed by atoms with E-state index in [0.717, 1.165) is 11.1 Å². The molecule has 6 heteroatoms. The Morgan fingerprint density at radius 3 is 2.75 bits per heavy atom. The number of nitrogens with zero attached hydrogens (tertiary/aromatic N) is 2. The number of benzene rings is 1. The van der Waals surface area contributed by atoms with E-state index in [1.54, 1.807) is 6.92 Å². The zero-order valence-electron chi connectivity index (χ0n) is 11.4. The lowest BCUT2D eigenvalue weighted by Crippen LogP contribution is -2.27. The fourth-order valence-electron chi connectivity index (χ4n) is 1.91. The van der Waals surface area contributed by atoms with Crippen molar-refractivity contribution in [3.05, 3.63) is 47.1 Å². The highest BCUT2D eigenvalue weighted by atomic mass is 16.5. The quantitative estimate of drug-likeness (QED) is 0.810. The van der Waals surface area contributed by atoms with Crippen LogP contribution >= 0.6 is 0 Å². The molecule has 0 unspecified atom stereocenters. The van der Waals surface area contributed by atoms with E-state index in [1.807, 2.05) is 24.3 Å². The standard InChI is InChI=1S/C14H18N4O2/c1-10-17-14(20-18-10)6-7-16-13(19)8-11-4-2-3-5-12(11)9-15/h2-5H,6-9,15H2,1H3,(H,16,19). The van der Waals surface area contributed by atoms with Gasteiger partial charge >= 0.3 is 0 Å². The number of nitrogens with one attached hydrogen (secondary N) is 1. The van der Waals surface area contributed by atoms with Crippen LogP contribution in [0.4, 0.5) is 0 Å². The van der Waals surface area contributed by atoms with Gasteiger partial charge in [-0.1, -0.05) is 29.4 Å². The third-order valence-electron chi connectivity index (χ3n) is 2.92. The molecule has 1 amide bonds. The van der Waals surface area contributed by atoms with E-state index in [4.69, 9.17) is 10.3 Å². The molecule has 0 aliphatic carbocycles. The van der Waals surface area contributed by atoms with Gasteiger partial charge in [0.25, 0.3) is 0 Å². The molecule has 0 aliphatic rings. The van der Waals surface area contributed by atoms with Crippen LogP contribution in [0.2, 0.25) is 0 Å². The number of carbonyl (C=O) groups is 1. The van der Waals surface area contributed by atoms with Crippen LogP contribution in [0.1, 0.15) is 22.8 Å². The van der Waals surface area contributed by atoms with Crippen molar-refractivity contribution in [3.63, 3.8) is 0 Å². The van der Waals surface area contributed by atoms with Crippen LogP contribution in [0.25, 0.3) is 0 Å². The van der Waals surface area contributed by atoms with Gasteiger partial charge in [0, 0.05) is 19.5 Å². The van der Waals surface area contributed by atoms with E-state index >= 15 is 0 Å². The Kier molecular flexibility index (Phi) is 4.84. The summed E-state index contributed by atoms with van der Waals surface area (Å²) in [5, 5.41) is 6.52. The third kappa shape index (κ3) is 3.89. The van der Waals surface area contributed by atoms with Gasteiger partial charge in [0.2, 0.25) is 11.8 Å². The second-order valence-electron chi connectivity index (χ2n) is 4.48. The van der Waals surface area contributed by atoms with Gasteiger partial charge in [-0.05, 0) is 18.1 Å². The van der Waals surface area contributed by atoms with Gasteiger partial charge in [-0.2, -0.15) is 4.98 Å². The first kappa shape index (κ1) is 14.2. The fourth-order valence-corrected chi connectivity index (χ4v) is 1.91. The van der Waals surface area contributed by atoms with Crippen molar-refractivity contribution in [2.45, 2.75) is 26.3 Å². The van der Waals surface area contributed by atoms with E-state index < -0.39 is 0 Å². The summed E-state index contributed by atoms with van der Waals surface area (Å²) in [5.41, 5.74) is 7.60. The molecule has 0 bridgehead atoms. The minimum Gasteiger partial charge on any atom is -0.355 e. The minimum absolute atomic E-state index is 0.0397. The van der Waals surface area contributed by atoms with Gasteiger partial charge < -0.3 is 15.6 Å². The van der Waals surface area contributed by atoms with Crippen molar-refractivity contribution in [3.8, 4) is 0 Å². The van der Waals surface area contributed by atoms with Crippen molar-refractivity contribution < 1.29 is 9.32 Å². The molecule has 2 aromatic rings. The molecule has 0 spiro atoms.